The number of hydrogen-bond acceptors (Lipinski definition) is 5. The van der Waals surface area contributed by atoms with Gasteiger partial charge in [-0.1, -0.05) is 19.9 Å². The molecule has 0 aliphatic heterocycles. The van der Waals surface area contributed by atoms with E-state index in [1.165, 1.54) is 13.2 Å². The lowest BCUT2D eigenvalue weighted by Crippen LogP contribution is -2.07. The molecule has 5 nitrogen and oxygen atoms in total. The Morgan fingerprint density at radius 2 is 1.91 bits per heavy atom. The summed E-state index contributed by atoms with van der Waals surface area (Å²) in [6.45, 7) is 4.42. The summed E-state index contributed by atoms with van der Waals surface area (Å²) in [4.78, 5) is 14.6. The number of hydrogen-bond donors (Lipinski definition) is 1. The zero-order chi connectivity index (χ0) is 16.4. The van der Waals surface area contributed by atoms with Crippen molar-refractivity contribution in [1.29, 1.82) is 0 Å². The maximum atomic E-state index is 10.7. The van der Waals surface area contributed by atoms with Gasteiger partial charge in [-0.05, 0) is 35.4 Å². The first-order valence-corrected chi connectivity index (χ1v) is 7.09. The molecule has 1 N–H and O–H groups in total. The molecule has 0 fully saturated rings. The van der Waals surface area contributed by atoms with Crippen LogP contribution in [-0.4, -0.2) is 23.7 Å². The van der Waals surface area contributed by atoms with Crippen LogP contribution < -0.4 is 4.74 Å². The molecule has 2 aromatic rings. The van der Waals surface area contributed by atoms with Crippen LogP contribution in [0.15, 0.2) is 42.7 Å². The molecule has 1 aromatic carbocycles. The Morgan fingerprint density at radius 1 is 1.23 bits per heavy atom. The van der Waals surface area contributed by atoms with Crippen LogP contribution in [0.4, 0.5) is 0 Å². The maximum absolute atomic E-state index is 10.7. The van der Waals surface area contributed by atoms with Gasteiger partial charge in [-0.2, -0.15) is 0 Å². The van der Waals surface area contributed by atoms with Crippen LogP contribution in [0.5, 0.6) is 11.5 Å². The van der Waals surface area contributed by atoms with E-state index in [4.69, 9.17) is 9.47 Å². The van der Waals surface area contributed by atoms with E-state index in [-0.39, 0.29) is 5.75 Å². The third-order valence-corrected chi connectivity index (χ3v) is 2.97. The minimum atomic E-state index is -0.440. The molecule has 0 spiro atoms. The van der Waals surface area contributed by atoms with Crippen molar-refractivity contribution in [3.05, 3.63) is 53.9 Å². The number of phenols is 1. The number of ether oxygens (including phenoxy) is 2. The molecule has 0 bridgehead atoms. The molecule has 1 heterocycles. The molecule has 118 valence electrons. The van der Waals surface area contributed by atoms with E-state index in [2.05, 4.69) is 4.98 Å². The molecule has 22 heavy (non-hydrogen) atoms. The molecule has 0 saturated carbocycles. The lowest BCUT2D eigenvalue weighted by Gasteiger charge is -2.16. The highest BCUT2D eigenvalue weighted by molar-refractivity contribution is 5.44. The minimum Gasteiger partial charge on any atom is -0.504 e. The molecule has 0 saturated heterocycles. The van der Waals surface area contributed by atoms with Crippen molar-refractivity contribution in [1.82, 2.24) is 4.98 Å². The van der Waals surface area contributed by atoms with Gasteiger partial charge < -0.3 is 14.6 Å². The highest BCUT2D eigenvalue weighted by Crippen LogP contribution is 2.31. The molecular formula is C17H21NO4. The van der Waals surface area contributed by atoms with Gasteiger partial charge in [-0.15, -0.1) is 0 Å². The summed E-state index contributed by atoms with van der Waals surface area (Å²) in [6.07, 6.45) is 3.45. The molecule has 0 amide bonds. The van der Waals surface area contributed by atoms with Crippen molar-refractivity contribution < 1.29 is 19.4 Å². The summed E-state index contributed by atoms with van der Waals surface area (Å²) < 4.78 is 10.2. The van der Waals surface area contributed by atoms with Crippen molar-refractivity contribution in [2.24, 2.45) is 0 Å². The van der Waals surface area contributed by atoms with Gasteiger partial charge in [0.25, 0.3) is 6.47 Å². The number of nitrogens with zero attached hydrogens (tertiary/aromatic N) is 1. The molecule has 1 atom stereocenters. The monoisotopic (exact) mass is 303 g/mol. The van der Waals surface area contributed by atoms with E-state index >= 15 is 0 Å². The van der Waals surface area contributed by atoms with Gasteiger partial charge in [-0.3, -0.25) is 9.78 Å². The Kier molecular flexibility index (Phi) is 7.47. The van der Waals surface area contributed by atoms with Crippen LogP contribution >= 0.6 is 0 Å². The highest BCUT2D eigenvalue weighted by Gasteiger charge is 2.15. The summed E-state index contributed by atoms with van der Waals surface area (Å²) >= 11 is 0. The Balaban J connectivity index is 0.00000116. The molecule has 0 radical (unpaired) electrons. The lowest BCUT2D eigenvalue weighted by atomic mass is 10.0. The normalized spacial score (nSPS) is 10.9. The number of pyridine rings is 1. The van der Waals surface area contributed by atoms with Crippen LogP contribution in [0.25, 0.3) is 0 Å². The highest BCUT2D eigenvalue weighted by atomic mass is 16.5. The average Bonchev–Trinajstić information content (AvgIpc) is 2.58. The summed E-state index contributed by atoms with van der Waals surface area (Å²) in [5.74, 6) is 0.391. The number of benzene rings is 1. The molecular weight excluding hydrogens is 282 g/mol. The van der Waals surface area contributed by atoms with E-state index in [1.807, 2.05) is 26.0 Å². The largest absolute Gasteiger partial charge is 0.504 e. The number of rotatable bonds is 6. The van der Waals surface area contributed by atoms with Gasteiger partial charge in [0.2, 0.25) is 0 Å². The molecule has 0 unspecified atom stereocenters. The topological polar surface area (TPSA) is 68.7 Å². The third-order valence-electron chi connectivity index (χ3n) is 2.97. The summed E-state index contributed by atoms with van der Waals surface area (Å²) in [7, 11) is 1.47. The first-order chi connectivity index (χ1) is 10.7. The Morgan fingerprint density at radius 3 is 2.50 bits per heavy atom. The zero-order valence-electron chi connectivity index (χ0n) is 13.0. The second kappa shape index (κ2) is 9.39. The second-order valence-electron chi connectivity index (χ2n) is 4.21. The number of methoxy groups -OCH3 is 1. The molecule has 2 rings (SSSR count). The smallest absolute Gasteiger partial charge is 0.293 e. The van der Waals surface area contributed by atoms with Gasteiger partial charge in [0, 0.05) is 18.8 Å². The number of carbonyl (C=O) groups excluding carboxylic acids is 1. The number of phenolic OH excluding ortho intramolecular Hbond substituents is 1. The second-order valence-corrected chi connectivity index (χ2v) is 4.21. The van der Waals surface area contributed by atoms with Crippen LogP contribution in [-0.2, 0) is 16.0 Å². The van der Waals surface area contributed by atoms with E-state index in [0.29, 0.717) is 18.6 Å². The standard InChI is InChI=1S/C15H15NO4.C2H6/c1-19-15-9-12(2-3-13(15)18)14(20-10-17)8-11-4-6-16-7-5-11;1-2/h2-7,9-10,14,18H,8H2,1H3;1-2H3/t14-;/m0./s1. The van der Waals surface area contributed by atoms with E-state index in [9.17, 15) is 9.90 Å². The van der Waals surface area contributed by atoms with Crippen molar-refractivity contribution >= 4 is 6.47 Å². The van der Waals surface area contributed by atoms with Gasteiger partial charge in [-0.25, -0.2) is 0 Å². The Bertz CT molecular complexity index is 572. The zero-order valence-corrected chi connectivity index (χ0v) is 13.0. The molecule has 1 aromatic heterocycles. The Labute approximate surface area is 130 Å². The van der Waals surface area contributed by atoms with Crippen molar-refractivity contribution in [2.45, 2.75) is 26.4 Å². The number of aromatic hydroxyl groups is 1. The van der Waals surface area contributed by atoms with E-state index < -0.39 is 6.10 Å². The minimum absolute atomic E-state index is 0.0463. The van der Waals surface area contributed by atoms with Gasteiger partial charge in [0.05, 0.1) is 7.11 Å². The van der Waals surface area contributed by atoms with E-state index in [1.54, 1.807) is 24.5 Å². The summed E-state index contributed by atoms with van der Waals surface area (Å²) in [6, 6.07) is 8.59. The van der Waals surface area contributed by atoms with Crippen molar-refractivity contribution in [3.8, 4) is 11.5 Å². The first kappa shape index (κ1) is 17.5. The van der Waals surface area contributed by atoms with Crippen LogP contribution in [0.3, 0.4) is 0 Å². The summed E-state index contributed by atoms with van der Waals surface area (Å²) in [5, 5.41) is 9.59. The molecule has 0 aliphatic rings. The predicted molar refractivity (Wildman–Crippen MR) is 83.8 cm³/mol. The van der Waals surface area contributed by atoms with Gasteiger partial charge >= 0.3 is 0 Å². The van der Waals surface area contributed by atoms with Gasteiger partial charge in [0.15, 0.2) is 11.5 Å². The average molecular weight is 303 g/mol. The van der Waals surface area contributed by atoms with Crippen LogP contribution in [0.2, 0.25) is 0 Å². The van der Waals surface area contributed by atoms with Gasteiger partial charge in [0.1, 0.15) is 6.10 Å². The summed E-state index contributed by atoms with van der Waals surface area (Å²) in [5.41, 5.74) is 1.75. The molecule has 0 aliphatic carbocycles. The third kappa shape index (κ3) is 4.77. The molecule has 5 heteroatoms. The number of aromatic nitrogens is 1. The van der Waals surface area contributed by atoms with Crippen LogP contribution in [0, 0.1) is 0 Å². The predicted octanol–water partition coefficient (Wildman–Crippen LogP) is 3.28. The maximum Gasteiger partial charge on any atom is 0.293 e. The fourth-order valence-electron chi connectivity index (χ4n) is 1.94. The lowest BCUT2D eigenvalue weighted by molar-refractivity contribution is -0.133. The quantitative estimate of drug-likeness (QED) is 0.829. The SMILES string of the molecule is CC.COc1cc([C@H](Cc2ccncc2)OC=O)ccc1O. The fourth-order valence-corrected chi connectivity index (χ4v) is 1.94. The van der Waals surface area contributed by atoms with Crippen LogP contribution in [0.1, 0.15) is 31.1 Å². The Hall–Kier alpha value is -2.56. The fraction of sp³-hybridized carbons (Fsp3) is 0.294. The van der Waals surface area contributed by atoms with Crippen molar-refractivity contribution in [2.75, 3.05) is 7.11 Å². The van der Waals surface area contributed by atoms with E-state index in [0.717, 1.165) is 11.1 Å². The van der Waals surface area contributed by atoms with Crippen molar-refractivity contribution in [3.63, 3.8) is 0 Å². The first-order valence-electron chi connectivity index (χ1n) is 7.09. The number of carbonyl (C=O) groups is 1.